The van der Waals surface area contributed by atoms with Crippen LogP contribution in [0.1, 0.15) is 60.9 Å². The van der Waals surface area contributed by atoms with Crippen molar-refractivity contribution < 1.29 is 28.0 Å². The first-order valence-electron chi connectivity index (χ1n) is 14.9. The van der Waals surface area contributed by atoms with Crippen LogP contribution in [0, 0.1) is 17.6 Å². The van der Waals surface area contributed by atoms with Crippen molar-refractivity contribution in [1.29, 1.82) is 0 Å². The van der Waals surface area contributed by atoms with Gasteiger partial charge in [-0.05, 0) is 85.2 Å². The normalized spacial score (nSPS) is 18.2. The number of halogens is 2. The number of nitrogens with two attached hydrogens (primary N) is 1. The number of benzene rings is 3. The van der Waals surface area contributed by atoms with Crippen LogP contribution in [0.5, 0.6) is 0 Å². The van der Waals surface area contributed by atoms with Crippen LogP contribution in [-0.2, 0) is 16.1 Å². The minimum atomic E-state index is -0.830. The summed E-state index contributed by atoms with van der Waals surface area (Å²) in [4.78, 5) is 27.5. The molecule has 1 aliphatic heterocycles. The van der Waals surface area contributed by atoms with Crippen LogP contribution in [-0.4, -0.2) is 55.1 Å². The number of β-lactam (4-membered cyclic amide) rings is 1. The van der Waals surface area contributed by atoms with E-state index < -0.39 is 12.1 Å². The van der Waals surface area contributed by atoms with Crippen LogP contribution < -0.4 is 16.0 Å². The minimum Gasteiger partial charge on any atom is -0.388 e. The summed E-state index contributed by atoms with van der Waals surface area (Å²) in [6.07, 6.45) is 2.46. The maximum atomic E-state index is 13.6. The van der Waals surface area contributed by atoms with Gasteiger partial charge in [0.25, 0.3) is 0 Å². The van der Waals surface area contributed by atoms with Crippen molar-refractivity contribution in [3.63, 3.8) is 0 Å². The third-order valence-electron chi connectivity index (χ3n) is 8.04. The first kappa shape index (κ1) is 32.3. The van der Waals surface area contributed by atoms with Crippen LogP contribution in [0.2, 0.25) is 0 Å². The van der Waals surface area contributed by atoms with E-state index in [-0.39, 0.29) is 35.4 Å². The third-order valence-corrected chi connectivity index (χ3v) is 8.04. The third kappa shape index (κ3) is 8.69. The molecule has 2 amide bonds. The zero-order valence-corrected chi connectivity index (χ0v) is 25.2. The van der Waals surface area contributed by atoms with Gasteiger partial charge in [0, 0.05) is 12.2 Å². The number of aliphatic hydroxyl groups is 1. The number of hydrogen-bond donors (Lipinski definition) is 3. The highest BCUT2D eigenvalue weighted by atomic mass is 19.1. The molecule has 9 heteroatoms. The molecule has 0 aliphatic carbocycles. The molecule has 1 aliphatic rings. The molecule has 1 saturated heterocycles. The number of quaternary nitrogens is 1. The maximum absolute atomic E-state index is 13.6. The summed E-state index contributed by atoms with van der Waals surface area (Å²) in [5, 5.41) is 13.6. The number of carbonyl (C=O) groups is 2. The Morgan fingerprint density at radius 1 is 0.930 bits per heavy atom. The second-order valence-electron chi connectivity index (χ2n) is 12.5. The van der Waals surface area contributed by atoms with E-state index in [1.165, 1.54) is 24.3 Å². The summed E-state index contributed by atoms with van der Waals surface area (Å²) in [5.74, 6) is -1.43. The van der Waals surface area contributed by atoms with Gasteiger partial charge in [-0.2, -0.15) is 0 Å². The van der Waals surface area contributed by atoms with Gasteiger partial charge in [-0.15, -0.1) is 0 Å². The Hall–Kier alpha value is -3.66. The molecule has 43 heavy (non-hydrogen) atoms. The first-order valence-corrected chi connectivity index (χ1v) is 14.9. The summed E-state index contributed by atoms with van der Waals surface area (Å²) in [6.45, 7) is 1.37. The standard InChI is InChI=1S/C34H42F2N4O3/c1-40(2,3)21-5-4-6-30(37)33(42)38-22-23-7-9-25(10-8-23)32-29(19-20-31(41)24-11-13-26(35)14-12-24)34(43)39(32)28-17-15-27(36)16-18-28/h7-18,29-32,41H,4-6,19-22,37H2,1-3H3/p+1. The van der Waals surface area contributed by atoms with Crippen LogP contribution in [0.4, 0.5) is 14.5 Å². The van der Waals surface area contributed by atoms with E-state index in [1.54, 1.807) is 29.2 Å². The van der Waals surface area contributed by atoms with Crippen LogP contribution >= 0.6 is 0 Å². The van der Waals surface area contributed by atoms with E-state index in [9.17, 15) is 23.5 Å². The van der Waals surface area contributed by atoms with E-state index in [0.717, 1.165) is 35.0 Å². The fourth-order valence-electron chi connectivity index (χ4n) is 5.52. The van der Waals surface area contributed by atoms with Crippen LogP contribution in [0.3, 0.4) is 0 Å². The summed E-state index contributed by atoms with van der Waals surface area (Å²) >= 11 is 0. The maximum Gasteiger partial charge on any atom is 0.237 e. The molecular weight excluding hydrogens is 550 g/mol. The lowest BCUT2D eigenvalue weighted by molar-refractivity contribution is -0.870. The number of nitrogens with one attached hydrogen (secondary N) is 1. The Labute approximate surface area is 252 Å². The molecule has 3 aromatic carbocycles. The summed E-state index contributed by atoms with van der Waals surface area (Å²) in [6, 6.07) is 18.3. The number of amides is 2. The van der Waals surface area contributed by atoms with E-state index in [4.69, 9.17) is 5.73 Å². The Morgan fingerprint density at radius 2 is 1.53 bits per heavy atom. The fraction of sp³-hybridized carbons (Fsp3) is 0.412. The lowest BCUT2D eigenvalue weighted by atomic mass is 9.78. The zero-order chi connectivity index (χ0) is 31.1. The van der Waals surface area contributed by atoms with Crippen molar-refractivity contribution in [2.45, 2.75) is 56.8 Å². The van der Waals surface area contributed by atoms with Gasteiger partial charge < -0.3 is 25.5 Å². The van der Waals surface area contributed by atoms with Crippen molar-refractivity contribution in [2.24, 2.45) is 11.7 Å². The van der Waals surface area contributed by atoms with Crippen molar-refractivity contribution in [3.8, 4) is 0 Å². The molecular formula is C34H43F2N4O3+. The highest BCUT2D eigenvalue weighted by molar-refractivity contribution is 6.03. The summed E-state index contributed by atoms with van der Waals surface area (Å²) in [7, 11) is 6.42. The lowest BCUT2D eigenvalue weighted by Crippen LogP contribution is -2.55. The molecule has 3 aromatic rings. The number of unbranched alkanes of at least 4 members (excludes halogenated alkanes) is 1. The van der Waals surface area contributed by atoms with Gasteiger partial charge in [-0.1, -0.05) is 36.4 Å². The van der Waals surface area contributed by atoms with E-state index in [0.29, 0.717) is 37.1 Å². The van der Waals surface area contributed by atoms with Gasteiger partial charge in [-0.3, -0.25) is 9.59 Å². The van der Waals surface area contributed by atoms with Crippen LogP contribution in [0.25, 0.3) is 0 Å². The quantitative estimate of drug-likeness (QED) is 0.139. The van der Waals surface area contributed by atoms with Gasteiger partial charge >= 0.3 is 0 Å². The Morgan fingerprint density at radius 3 is 2.14 bits per heavy atom. The number of rotatable bonds is 14. The SMILES string of the molecule is C[N+](C)(C)CCCCC(N)C(=O)NCc1ccc(C2C(CCC(O)c3ccc(F)cc3)C(=O)N2c2ccc(F)cc2)cc1. The predicted octanol–water partition coefficient (Wildman–Crippen LogP) is 5.00. The fourth-order valence-corrected chi connectivity index (χ4v) is 5.52. The average molecular weight is 594 g/mol. The van der Waals surface area contributed by atoms with Crippen molar-refractivity contribution >= 4 is 17.5 Å². The van der Waals surface area contributed by atoms with Gasteiger partial charge in [0.05, 0.1) is 51.8 Å². The monoisotopic (exact) mass is 593 g/mol. The van der Waals surface area contributed by atoms with E-state index in [1.807, 2.05) is 24.3 Å². The average Bonchev–Trinajstić information content (AvgIpc) is 2.97. The number of carbonyl (C=O) groups excluding carboxylic acids is 2. The number of anilines is 1. The molecule has 4 N–H and O–H groups in total. The second-order valence-corrected chi connectivity index (χ2v) is 12.5. The van der Waals surface area contributed by atoms with Gasteiger partial charge in [-0.25, -0.2) is 8.78 Å². The number of aliphatic hydroxyl groups excluding tert-OH is 1. The molecule has 0 radical (unpaired) electrons. The zero-order valence-electron chi connectivity index (χ0n) is 25.2. The second kappa shape index (κ2) is 14.2. The Kier molecular flexibility index (Phi) is 10.7. The molecule has 230 valence electrons. The lowest BCUT2D eigenvalue weighted by Gasteiger charge is -2.48. The molecule has 4 unspecified atom stereocenters. The molecule has 0 aromatic heterocycles. The highest BCUT2D eigenvalue weighted by Gasteiger charge is 2.48. The molecule has 0 bridgehead atoms. The Balaban J connectivity index is 1.39. The summed E-state index contributed by atoms with van der Waals surface area (Å²) < 4.78 is 27.8. The highest BCUT2D eigenvalue weighted by Crippen LogP contribution is 2.46. The van der Waals surface area contributed by atoms with E-state index in [2.05, 4.69) is 26.5 Å². The first-order chi connectivity index (χ1) is 20.4. The molecule has 4 atom stereocenters. The molecule has 1 heterocycles. The molecule has 0 saturated carbocycles. The topological polar surface area (TPSA) is 95.7 Å². The van der Waals surface area contributed by atoms with Crippen molar-refractivity contribution in [1.82, 2.24) is 5.32 Å². The predicted molar refractivity (Wildman–Crippen MR) is 164 cm³/mol. The van der Waals surface area contributed by atoms with Crippen molar-refractivity contribution in [3.05, 3.63) is 101 Å². The van der Waals surface area contributed by atoms with Crippen LogP contribution in [0.15, 0.2) is 72.8 Å². The van der Waals surface area contributed by atoms with Gasteiger partial charge in [0.15, 0.2) is 0 Å². The van der Waals surface area contributed by atoms with Gasteiger partial charge in [0.2, 0.25) is 11.8 Å². The number of hydrogen-bond acceptors (Lipinski definition) is 4. The molecule has 7 nitrogen and oxygen atoms in total. The van der Waals surface area contributed by atoms with Gasteiger partial charge in [0.1, 0.15) is 11.6 Å². The molecule has 1 fully saturated rings. The molecule has 4 rings (SSSR count). The molecule has 0 spiro atoms. The minimum absolute atomic E-state index is 0.102. The Bertz CT molecular complexity index is 1360. The van der Waals surface area contributed by atoms with E-state index >= 15 is 0 Å². The summed E-state index contributed by atoms with van der Waals surface area (Å²) in [5.41, 5.74) is 9.10. The smallest absolute Gasteiger partial charge is 0.237 e. The van der Waals surface area contributed by atoms with Crippen molar-refractivity contribution in [2.75, 3.05) is 32.6 Å². The largest absolute Gasteiger partial charge is 0.388 e. The number of nitrogens with zero attached hydrogens (tertiary/aromatic N) is 2.